The molecule has 1 aromatic rings. The first-order chi connectivity index (χ1) is 47.6. The van der Waals surface area contributed by atoms with E-state index in [1.807, 2.05) is 0 Å². The van der Waals surface area contributed by atoms with Gasteiger partial charge in [-0.25, -0.2) is 4.68 Å². The average molecular weight is 1440 g/mol. The summed E-state index contributed by atoms with van der Waals surface area (Å²) >= 11 is 0. The SMILES string of the molecule is CC(=O)OC[C@H]1O[C@@H](n2cc(CNC(=O)[C@]34CCC(C)(C)C[C@H]3C3=CC[C@@H]5[C@@]6(C)CC[C@H](O)C(C)(C)[C@@H]6CC[C@@]5(C)[C@]3(C)CC4)nn2)[C@H](OC(C)=O)[C@@H](OC(C)=O)[C@@H]1O[C@H]1O[C@H](COC(C)=O)[C@@H](O[C@H]2O[C@H](COC(C)=O)[C@@H](OC(C)=O)[C@H](OC(C)=O)[C@H]2OC(C)=O)[C@H](OC(C)=O)[C@H]1OC(C)=O. The molecule has 8 aliphatic rings. The van der Waals surface area contributed by atoms with Crippen LogP contribution in [-0.2, 0) is 130 Å². The van der Waals surface area contributed by atoms with Crippen molar-refractivity contribution < 1.29 is 129 Å². The fourth-order valence-electron chi connectivity index (χ4n) is 18.5. The summed E-state index contributed by atoms with van der Waals surface area (Å²) in [6.45, 7) is 24.3. The van der Waals surface area contributed by atoms with Crippen molar-refractivity contribution in [2.75, 3.05) is 19.8 Å². The Hall–Kier alpha value is -7.19. The van der Waals surface area contributed by atoms with Crippen molar-refractivity contribution in [2.24, 2.45) is 50.2 Å². The molecule has 1 amide bonds. The van der Waals surface area contributed by atoms with Gasteiger partial charge in [0, 0.05) is 69.2 Å². The van der Waals surface area contributed by atoms with Crippen LogP contribution in [0.2, 0.25) is 0 Å². The second-order valence-electron chi connectivity index (χ2n) is 30.9. The lowest BCUT2D eigenvalue weighted by atomic mass is 9.33. The third kappa shape index (κ3) is 16.3. The normalized spacial score (nSPS) is 37.9. The van der Waals surface area contributed by atoms with Crippen molar-refractivity contribution in [3.05, 3.63) is 23.5 Å². The highest BCUT2D eigenvalue weighted by molar-refractivity contribution is 5.84. The topological polar surface area (TPSA) is 389 Å². The van der Waals surface area contributed by atoms with Crippen LogP contribution in [0.15, 0.2) is 17.8 Å². The van der Waals surface area contributed by atoms with Gasteiger partial charge in [-0.2, -0.15) is 0 Å². The van der Waals surface area contributed by atoms with Gasteiger partial charge in [0.05, 0.1) is 24.3 Å². The summed E-state index contributed by atoms with van der Waals surface area (Å²) in [7, 11) is 0. The number of aliphatic hydroxyl groups excluding tert-OH is 1. The van der Waals surface area contributed by atoms with Gasteiger partial charge in [-0.05, 0) is 109 Å². The monoisotopic (exact) mass is 1440 g/mol. The number of ether oxygens (including phenoxy) is 15. The summed E-state index contributed by atoms with van der Waals surface area (Å²) < 4.78 is 90.4. The van der Waals surface area contributed by atoms with Gasteiger partial charge in [0.1, 0.15) is 56.0 Å². The predicted molar refractivity (Wildman–Crippen MR) is 347 cm³/mol. The Morgan fingerprint density at radius 1 is 0.510 bits per heavy atom. The molecule has 23 atom stereocenters. The first-order valence-corrected chi connectivity index (χ1v) is 35.1. The molecule has 3 saturated heterocycles. The van der Waals surface area contributed by atoms with Crippen molar-refractivity contribution in [1.29, 1.82) is 0 Å². The minimum absolute atomic E-state index is 0.0368. The zero-order valence-electron chi connectivity index (χ0n) is 61.4. The van der Waals surface area contributed by atoms with Crippen LogP contribution in [0.4, 0.5) is 0 Å². The lowest BCUT2D eigenvalue weighted by molar-refractivity contribution is -0.375. The number of hydrogen-bond acceptors (Lipinski definition) is 29. The van der Waals surface area contributed by atoms with Crippen LogP contribution in [0.1, 0.15) is 194 Å². The number of carbonyl (C=O) groups is 11. The van der Waals surface area contributed by atoms with Crippen LogP contribution >= 0.6 is 0 Å². The number of fused-ring (bicyclic) bond motifs is 7. The molecule has 0 bridgehead atoms. The molecule has 9 rings (SSSR count). The lowest BCUT2D eigenvalue weighted by Gasteiger charge is -2.71. The summed E-state index contributed by atoms with van der Waals surface area (Å²) in [5, 5.41) is 23.4. The maximum atomic E-state index is 15.4. The summed E-state index contributed by atoms with van der Waals surface area (Å²) in [5.41, 5.74) is 0.443. The van der Waals surface area contributed by atoms with Gasteiger partial charge < -0.3 is 81.5 Å². The van der Waals surface area contributed by atoms with Crippen LogP contribution in [0.3, 0.4) is 0 Å². The molecule has 0 radical (unpaired) electrons. The lowest BCUT2D eigenvalue weighted by Crippen LogP contribution is -2.68. The van der Waals surface area contributed by atoms with E-state index in [0.717, 1.165) is 121 Å². The van der Waals surface area contributed by atoms with Crippen LogP contribution in [0.5, 0.6) is 0 Å². The highest BCUT2D eigenvalue weighted by Gasteiger charge is 2.70. The fraction of sp³-hybridized carbons (Fsp3) is 0.789. The van der Waals surface area contributed by atoms with Crippen molar-refractivity contribution in [2.45, 2.75) is 287 Å². The van der Waals surface area contributed by atoms with Gasteiger partial charge >= 0.3 is 59.7 Å². The predicted octanol–water partition coefficient (Wildman–Crippen LogP) is 5.39. The highest BCUT2D eigenvalue weighted by Crippen LogP contribution is 2.76. The largest absolute Gasteiger partial charge is 0.463 e. The quantitative estimate of drug-likeness (QED) is 0.0885. The third-order valence-corrected chi connectivity index (χ3v) is 23.2. The molecular formula is C71H102N4O27. The molecule has 5 aliphatic carbocycles. The van der Waals surface area contributed by atoms with Gasteiger partial charge in [0.25, 0.3) is 0 Å². The van der Waals surface area contributed by atoms with E-state index in [1.165, 1.54) is 16.5 Å². The zero-order valence-corrected chi connectivity index (χ0v) is 61.4. The van der Waals surface area contributed by atoms with Crippen LogP contribution in [-0.4, -0.2) is 197 Å². The summed E-state index contributed by atoms with van der Waals surface area (Å²) in [6.07, 6.45) is -15.1. The molecule has 31 heteroatoms. The maximum absolute atomic E-state index is 15.4. The second kappa shape index (κ2) is 30.9. The van der Waals surface area contributed by atoms with Crippen molar-refractivity contribution in [3.8, 4) is 0 Å². The minimum atomic E-state index is -2.08. The third-order valence-electron chi connectivity index (χ3n) is 23.2. The molecule has 3 aliphatic heterocycles. The summed E-state index contributed by atoms with van der Waals surface area (Å²) in [6, 6.07) is 0. The number of aliphatic hydroxyl groups is 1. The molecule has 2 N–H and O–H groups in total. The first-order valence-electron chi connectivity index (χ1n) is 35.1. The number of amides is 1. The van der Waals surface area contributed by atoms with E-state index in [-0.39, 0.29) is 57.2 Å². The van der Waals surface area contributed by atoms with E-state index in [4.69, 9.17) is 71.1 Å². The highest BCUT2D eigenvalue weighted by atomic mass is 16.8. The number of esters is 10. The number of hydrogen-bond donors (Lipinski definition) is 2. The van der Waals surface area contributed by atoms with E-state index < -0.39 is 177 Å². The Morgan fingerprint density at radius 2 is 0.951 bits per heavy atom. The Balaban J connectivity index is 1.03. The first kappa shape index (κ1) is 78.9. The van der Waals surface area contributed by atoms with E-state index in [0.29, 0.717) is 24.7 Å². The number of allylic oxidation sites excluding steroid dienone is 2. The van der Waals surface area contributed by atoms with Gasteiger partial charge in [-0.15, -0.1) is 5.10 Å². The minimum Gasteiger partial charge on any atom is -0.463 e. The second-order valence-corrected chi connectivity index (χ2v) is 30.9. The molecule has 0 unspecified atom stereocenters. The number of nitrogens with one attached hydrogen (secondary N) is 1. The molecular weight excluding hydrogens is 1340 g/mol. The molecule has 568 valence electrons. The summed E-state index contributed by atoms with van der Waals surface area (Å²) in [5.74, 6) is -8.97. The van der Waals surface area contributed by atoms with Crippen LogP contribution in [0, 0.1) is 50.2 Å². The molecule has 0 aromatic carbocycles. The van der Waals surface area contributed by atoms with Gasteiger partial charge in [0.15, 0.2) is 61.5 Å². The number of rotatable bonds is 21. The van der Waals surface area contributed by atoms with Gasteiger partial charge in [-0.3, -0.25) is 52.7 Å². The molecule has 31 nitrogen and oxygen atoms in total. The molecule has 4 saturated carbocycles. The van der Waals surface area contributed by atoms with Crippen LogP contribution in [0.25, 0.3) is 0 Å². The van der Waals surface area contributed by atoms with E-state index >= 15 is 4.79 Å². The van der Waals surface area contributed by atoms with E-state index in [1.54, 1.807) is 0 Å². The molecule has 1 aromatic heterocycles. The average Bonchev–Trinajstić information content (AvgIpc) is 0.739. The fourth-order valence-corrected chi connectivity index (χ4v) is 18.5. The Morgan fingerprint density at radius 3 is 1.45 bits per heavy atom. The molecule has 0 spiro atoms. The smallest absolute Gasteiger partial charge is 0.303 e. The van der Waals surface area contributed by atoms with Gasteiger partial charge in [-0.1, -0.05) is 65.3 Å². The van der Waals surface area contributed by atoms with E-state index in [9.17, 15) is 53.1 Å². The van der Waals surface area contributed by atoms with Crippen LogP contribution < -0.4 is 5.32 Å². The van der Waals surface area contributed by atoms with Crippen molar-refractivity contribution in [1.82, 2.24) is 20.3 Å². The zero-order chi connectivity index (χ0) is 75.1. The van der Waals surface area contributed by atoms with E-state index in [2.05, 4.69) is 70.2 Å². The molecule has 4 heterocycles. The summed E-state index contributed by atoms with van der Waals surface area (Å²) in [4.78, 5) is 145. The van der Waals surface area contributed by atoms with Gasteiger partial charge in [0.2, 0.25) is 5.91 Å². The van der Waals surface area contributed by atoms with Crippen molar-refractivity contribution in [3.63, 3.8) is 0 Å². The van der Waals surface area contributed by atoms with Crippen molar-refractivity contribution >= 4 is 65.6 Å². The number of nitrogens with zero attached hydrogens (tertiary/aromatic N) is 3. The Kier molecular flexibility index (Phi) is 23.9. The Labute approximate surface area is 592 Å². The molecule has 102 heavy (non-hydrogen) atoms. The number of aromatic nitrogens is 3. The molecule has 7 fully saturated rings. The number of carbonyl (C=O) groups excluding carboxylic acids is 11. The standard InChI is InChI=1S/C71H102N4O27/c1-34(76)88-31-47-54(101-64-61(97-43(10)85)58(94-40(7)82)55(49(100-64)33-90-36(3)78)102-63-60(96-42(9)84)57(93-39(6)81)53(91-37(4)79)48(99-63)32-89-35(2)77)56(92-38(5)80)59(95-41(8)83)62(98-47)75-30-44(73-74-75)29-72-65(87)71-26-24-66(11,12)28-46(71)45-18-19-51-68(15)22-21-52(86)67(13,14)50(68)20-23-70(51,17)69(45,16)25-27-71/h18,30,46-64,86H,19-29,31-33H2,1-17H3,(H,72,87)/t46-,47+,48+,49+,50-,51+,52-,53+,54+,55+,56-,57-,58-,59+,60+,61+,62+,63+,64+,68-,69+,70+,71-/m0/s1. The Bertz CT molecular complexity index is 3390. The maximum Gasteiger partial charge on any atom is 0.303 e.